The number of ether oxygens (including phenoxy) is 1. The first-order valence-electron chi connectivity index (χ1n) is 4.55. The lowest BCUT2D eigenvalue weighted by Crippen LogP contribution is -1.84. The van der Waals surface area contributed by atoms with Crippen LogP contribution in [-0.2, 0) is 4.74 Å². The average Bonchev–Trinajstić information content (AvgIpc) is 2.15. The lowest BCUT2D eigenvalue weighted by molar-refractivity contribution is 0.204. The molecule has 0 amide bonds. The summed E-state index contributed by atoms with van der Waals surface area (Å²) in [5.41, 5.74) is 2.61. The van der Waals surface area contributed by atoms with E-state index in [-0.39, 0.29) is 0 Å². The molecular formula is C12H16O. The van der Waals surface area contributed by atoms with Gasteiger partial charge < -0.3 is 4.74 Å². The van der Waals surface area contributed by atoms with Gasteiger partial charge in [-0.2, -0.15) is 0 Å². The number of aryl methyl sites for hydroxylation is 1. The first-order valence-corrected chi connectivity index (χ1v) is 4.55. The Bertz CT molecular complexity index is 276. The first-order chi connectivity index (χ1) is 6.34. The second-order valence-corrected chi connectivity index (χ2v) is 3.04. The first kappa shape index (κ1) is 10.0. The van der Waals surface area contributed by atoms with Crippen LogP contribution in [0, 0.1) is 6.92 Å². The molecule has 0 fully saturated rings. The minimum absolute atomic E-state index is 0.794. The zero-order chi connectivity index (χ0) is 9.52. The Morgan fingerprint density at radius 3 is 2.77 bits per heavy atom. The van der Waals surface area contributed by atoms with E-state index in [4.69, 9.17) is 4.74 Å². The zero-order valence-corrected chi connectivity index (χ0v) is 8.29. The summed E-state index contributed by atoms with van der Waals surface area (Å²) in [5.74, 6) is 0. The zero-order valence-electron chi connectivity index (χ0n) is 8.29. The van der Waals surface area contributed by atoms with Crippen molar-refractivity contribution >= 4 is 6.08 Å². The molecule has 1 aromatic rings. The van der Waals surface area contributed by atoms with Crippen molar-refractivity contribution in [2.75, 3.05) is 13.7 Å². The minimum Gasteiger partial charge on any atom is -0.384 e. The highest BCUT2D eigenvalue weighted by Crippen LogP contribution is 2.08. The molecule has 0 heterocycles. The summed E-state index contributed by atoms with van der Waals surface area (Å²) in [6.45, 7) is 2.92. The summed E-state index contributed by atoms with van der Waals surface area (Å²) in [6.07, 6.45) is 5.27. The molecule has 1 nitrogen and oxygen atoms in total. The highest BCUT2D eigenvalue weighted by molar-refractivity contribution is 5.53. The summed E-state index contributed by atoms with van der Waals surface area (Å²) in [7, 11) is 1.72. The van der Waals surface area contributed by atoms with E-state index in [0.717, 1.165) is 13.0 Å². The highest BCUT2D eigenvalue weighted by atomic mass is 16.5. The van der Waals surface area contributed by atoms with Crippen molar-refractivity contribution in [3.05, 3.63) is 41.5 Å². The summed E-state index contributed by atoms with van der Waals surface area (Å²) in [4.78, 5) is 0. The molecule has 1 aromatic carbocycles. The van der Waals surface area contributed by atoms with Gasteiger partial charge >= 0.3 is 0 Å². The topological polar surface area (TPSA) is 9.23 Å². The fraction of sp³-hybridized carbons (Fsp3) is 0.333. The normalized spacial score (nSPS) is 10.9. The lowest BCUT2D eigenvalue weighted by atomic mass is 10.1. The molecule has 0 spiro atoms. The summed E-state index contributed by atoms with van der Waals surface area (Å²) in [5, 5.41) is 0. The molecule has 1 heteroatoms. The largest absolute Gasteiger partial charge is 0.384 e. The van der Waals surface area contributed by atoms with Crippen LogP contribution >= 0.6 is 0 Å². The molecule has 70 valence electrons. The molecule has 0 aliphatic heterocycles. The monoisotopic (exact) mass is 176 g/mol. The van der Waals surface area contributed by atoms with Crippen molar-refractivity contribution in [3.63, 3.8) is 0 Å². The average molecular weight is 176 g/mol. The molecule has 13 heavy (non-hydrogen) atoms. The summed E-state index contributed by atoms with van der Waals surface area (Å²) >= 11 is 0. The van der Waals surface area contributed by atoms with Gasteiger partial charge in [0.1, 0.15) is 0 Å². The summed E-state index contributed by atoms with van der Waals surface area (Å²) < 4.78 is 4.96. The quantitative estimate of drug-likeness (QED) is 0.641. The number of rotatable bonds is 4. The Hall–Kier alpha value is -1.08. The van der Waals surface area contributed by atoms with Crippen LogP contribution < -0.4 is 0 Å². The van der Waals surface area contributed by atoms with E-state index in [0.29, 0.717) is 0 Å². The molecule has 0 N–H and O–H groups in total. The third-order valence-electron chi connectivity index (χ3n) is 1.97. The Labute approximate surface area is 80.0 Å². The van der Waals surface area contributed by atoms with Gasteiger partial charge in [0.2, 0.25) is 0 Å². The Morgan fingerprint density at radius 2 is 2.08 bits per heavy atom. The number of benzene rings is 1. The molecule has 0 aliphatic rings. The van der Waals surface area contributed by atoms with Crippen LogP contribution in [-0.4, -0.2) is 13.7 Å². The molecule has 0 radical (unpaired) electrons. The van der Waals surface area contributed by atoms with Crippen LogP contribution in [0.5, 0.6) is 0 Å². The van der Waals surface area contributed by atoms with E-state index >= 15 is 0 Å². The van der Waals surface area contributed by atoms with Crippen molar-refractivity contribution in [2.24, 2.45) is 0 Å². The maximum atomic E-state index is 4.96. The van der Waals surface area contributed by atoms with E-state index in [1.54, 1.807) is 7.11 Å². The van der Waals surface area contributed by atoms with Crippen LogP contribution in [0.4, 0.5) is 0 Å². The molecule has 0 aromatic heterocycles. The highest BCUT2D eigenvalue weighted by Gasteiger charge is 1.89. The van der Waals surface area contributed by atoms with Gasteiger partial charge in [-0.3, -0.25) is 0 Å². The van der Waals surface area contributed by atoms with Crippen LogP contribution in [0.1, 0.15) is 17.5 Å². The maximum Gasteiger partial charge on any atom is 0.0496 e. The predicted octanol–water partition coefficient (Wildman–Crippen LogP) is 3.04. The molecule has 0 aliphatic carbocycles. The van der Waals surface area contributed by atoms with Crippen molar-refractivity contribution in [2.45, 2.75) is 13.3 Å². The lowest BCUT2D eigenvalue weighted by Gasteiger charge is -1.98. The van der Waals surface area contributed by atoms with Crippen LogP contribution in [0.2, 0.25) is 0 Å². The third kappa shape index (κ3) is 3.43. The van der Waals surface area contributed by atoms with E-state index < -0.39 is 0 Å². The van der Waals surface area contributed by atoms with E-state index in [9.17, 15) is 0 Å². The van der Waals surface area contributed by atoms with Gasteiger partial charge in [-0.1, -0.05) is 36.4 Å². The van der Waals surface area contributed by atoms with Gasteiger partial charge in [0, 0.05) is 13.7 Å². The number of hydrogen-bond acceptors (Lipinski definition) is 1. The van der Waals surface area contributed by atoms with Crippen molar-refractivity contribution in [3.8, 4) is 0 Å². The van der Waals surface area contributed by atoms with Crippen molar-refractivity contribution in [1.29, 1.82) is 0 Å². The van der Waals surface area contributed by atoms with Crippen LogP contribution in [0.15, 0.2) is 30.3 Å². The third-order valence-corrected chi connectivity index (χ3v) is 1.97. The standard InChI is InChI=1S/C12H16O/c1-11-7-3-4-8-12(11)9-5-6-10-13-2/h3-5,7-9H,6,10H2,1-2H3/b9-5+. The van der Waals surface area contributed by atoms with Gasteiger partial charge in [0.05, 0.1) is 0 Å². The fourth-order valence-corrected chi connectivity index (χ4v) is 1.17. The number of hydrogen-bond donors (Lipinski definition) is 0. The smallest absolute Gasteiger partial charge is 0.0496 e. The van der Waals surface area contributed by atoms with Gasteiger partial charge in [-0.15, -0.1) is 0 Å². The summed E-state index contributed by atoms with van der Waals surface area (Å²) in [6, 6.07) is 8.36. The Kier molecular flexibility index (Phi) is 4.27. The van der Waals surface area contributed by atoms with Crippen molar-refractivity contribution in [1.82, 2.24) is 0 Å². The SMILES string of the molecule is COCC/C=C/c1ccccc1C. The van der Waals surface area contributed by atoms with E-state index in [1.165, 1.54) is 11.1 Å². The second kappa shape index (κ2) is 5.55. The Balaban J connectivity index is 2.53. The molecule has 0 saturated heterocycles. The number of methoxy groups -OCH3 is 1. The molecule has 1 rings (SSSR count). The van der Waals surface area contributed by atoms with Crippen LogP contribution in [0.25, 0.3) is 6.08 Å². The van der Waals surface area contributed by atoms with E-state index in [1.807, 2.05) is 0 Å². The van der Waals surface area contributed by atoms with Crippen LogP contribution in [0.3, 0.4) is 0 Å². The van der Waals surface area contributed by atoms with Gasteiger partial charge in [-0.25, -0.2) is 0 Å². The van der Waals surface area contributed by atoms with E-state index in [2.05, 4.69) is 43.3 Å². The van der Waals surface area contributed by atoms with Crippen molar-refractivity contribution < 1.29 is 4.74 Å². The minimum atomic E-state index is 0.794. The predicted molar refractivity (Wildman–Crippen MR) is 56.7 cm³/mol. The van der Waals surface area contributed by atoms with Gasteiger partial charge in [0.15, 0.2) is 0 Å². The Morgan fingerprint density at radius 1 is 1.31 bits per heavy atom. The molecule has 0 atom stereocenters. The molecule has 0 bridgehead atoms. The maximum absolute atomic E-state index is 4.96. The van der Waals surface area contributed by atoms with Gasteiger partial charge in [-0.05, 0) is 24.5 Å². The second-order valence-electron chi connectivity index (χ2n) is 3.04. The van der Waals surface area contributed by atoms with Gasteiger partial charge in [0.25, 0.3) is 0 Å². The molecule has 0 saturated carbocycles. The molecular weight excluding hydrogens is 160 g/mol. The molecule has 0 unspecified atom stereocenters. The fourth-order valence-electron chi connectivity index (χ4n) is 1.17.